The molecule has 0 aliphatic carbocycles. The van der Waals surface area contributed by atoms with E-state index >= 15 is 0 Å². The quantitative estimate of drug-likeness (QED) is 0.512. The summed E-state index contributed by atoms with van der Waals surface area (Å²) in [7, 11) is 0. The molecule has 0 aliphatic heterocycles. The zero-order chi connectivity index (χ0) is 16.3. The Morgan fingerprint density at radius 2 is 1.43 bits per heavy atom. The Morgan fingerprint density at radius 3 is 2.13 bits per heavy atom. The molecule has 0 spiro atoms. The Morgan fingerprint density at radius 1 is 0.739 bits per heavy atom. The van der Waals surface area contributed by atoms with Crippen LogP contribution in [0.5, 0.6) is 5.75 Å². The van der Waals surface area contributed by atoms with Crippen molar-refractivity contribution in [2.24, 2.45) is 0 Å². The van der Waals surface area contributed by atoms with Gasteiger partial charge in [-0.05, 0) is 42.0 Å². The van der Waals surface area contributed by atoms with E-state index in [-0.39, 0.29) is 0 Å². The third-order valence-electron chi connectivity index (χ3n) is 4.45. The lowest BCUT2D eigenvalue weighted by atomic mass is 9.99. The molecule has 0 radical (unpaired) electrons. The van der Waals surface area contributed by atoms with Crippen molar-refractivity contribution in [3.8, 4) is 5.75 Å². The van der Waals surface area contributed by atoms with Crippen LogP contribution in [0.25, 0.3) is 0 Å². The summed E-state index contributed by atoms with van der Waals surface area (Å²) in [6, 6.07) is 16.6. The van der Waals surface area contributed by atoms with Gasteiger partial charge in [-0.15, -0.1) is 0 Å². The SMILES string of the molecule is CCCCCCCCCc1ccc(Cc2ccccc2)cc1O. The van der Waals surface area contributed by atoms with Crippen molar-refractivity contribution in [2.75, 3.05) is 0 Å². The standard InChI is InChI=1S/C22H30O/c1-2-3-4-5-6-7-11-14-21-16-15-20(18-22(21)23)17-19-12-9-8-10-13-19/h8-10,12-13,15-16,18,23H,2-7,11,14,17H2,1H3. The maximum absolute atomic E-state index is 10.2. The highest BCUT2D eigenvalue weighted by molar-refractivity contribution is 5.38. The minimum Gasteiger partial charge on any atom is -0.508 e. The van der Waals surface area contributed by atoms with E-state index in [1.807, 2.05) is 12.1 Å². The van der Waals surface area contributed by atoms with Crippen LogP contribution in [-0.2, 0) is 12.8 Å². The van der Waals surface area contributed by atoms with Crippen molar-refractivity contribution in [3.05, 3.63) is 65.2 Å². The second-order valence-corrected chi connectivity index (χ2v) is 6.50. The molecule has 23 heavy (non-hydrogen) atoms. The topological polar surface area (TPSA) is 20.2 Å². The van der Waals surface area contributed by atoms with Crippen LogP contribution in [0.3, 0.4) is 0 Å². The van der Waals surface area contributed by atoms with E-state index in [1.54, 1.807) is 0 Å². The van der Waals surface area contributed by atoms with Crippen LogP contribution >= 0.6 is 0 Å². The van der Waals surface area contributed by atoms with Gasteiger partial charge in [0.05, 0.1) is 0 Å². The van der Waals surface area contributed by atoms with Crippen LogP contribution in [0.1, 0.15) is 68.6 Å². The molecule has 0 heterocycles. The molecule has 0 amide bonds. The molecular weight excluding hydrogens is 280 g/mol. The summed E-state index contributed by atoms with van der Waals surface area (Å²) < 4.78 is 0. The third-order valence-corrected chi connectivity index (χ3v) is 4.45. The number of aromatic hydroxyl groups is 1. The van der Waals surface area contributed by atoms with Crippen molar-refractivity contribution in [2.45, 2.75) is 64.7 Å². The zero-order valence-corrected chi connectivity index (χ0v) is 14.4. The Kier molecular flexibility index (Phi) is 7.72. The van der Waals surface area contributed by atoms with Crippen molar-refractivity contribution in [1.29, 1.82) is 0 Å². The molecule has 0 bridgehead atoms. The summed E-state index contributed by atoms with van der Waals surface area (Å²) in [6.45, 7) is 2.25. The monoisotopic (exact) mass is 310 g/mol. The zero-order valence-electron chi connectivity index (χ0n) is 14.4. The summed E-state index contributed by atoms with van der Waals surface area (Å²) in [4.78, 5) is 0. The lowest BCUT2D eigenvalue weighted by Gasteiger charge is -2.08. The van der Waals surface area contributed by atoms with Crippen LogP contribution in [-0.4, -0.2) is 5.11 Å². The predicted octanol–water partition coefficient (Wildman–Crippen LogP) is 6.28. The maximum atomic E-state index is 10.2. The third kappa shape index (κ3) is 6.48. The molecule has 1 nitrogen and oxygen atoms in total. The molecule has 0 atom stereocenters. The molecule has 0 saturated carbocycles. The first-order valence-corrected chi connectivity index (χ1v) is 9.14. The molecule has 1 N–H and O–H groups in total. The van der Waals surface area contributed by atoms with Gasteiger partial charge in [-0.2, -0.15) is 0 Å². The Bertz CT molecular complexity index is 559. The largest absolute Gasteiger partial charge is 0.508 e. The minimum atomic E-state index is 0.462. The van der Waals surface area contributed by atoms with Gasteiger partial charge >= 0.3 is 0 Å². The molecule has 2 rings (SSSR count). The lowest BCUT2D eigenvalue weighted by Crippen LogP contribution is -1.92. The molecule has 0 unspecified atom stereocenters. The molecule has 0 saturated heterocycles. The fourth-order valence-corrected chi connectivity index (χ4v) is 3.03. The summed E-state index contributed by atoms with van der Waals surface area (Å²) in [5.74, 6) is 0.462. The van der Waals surface area contributed by atoms with E-state index in [1.165, 1.54) is 56.1 Å². The highest BCUT2D eigenvalue weighted by Gasteiger charge is 2.04. The van der Waals surface area contributed by atoms with Gasteiger partial charge in [0.2, 0.25) is 0 Å². The van der Waals surface area contributed by atoms with Gasteiger partial charge in [-0.1, -0.05) is 87.9 Å². The van der Waals surface area contributed by atoms with Gasteiger partial charge in [0, 0.05) is 0 Å². The fraction of sp³-hybridized carbons (Fsp3) is 0.455. The van der Waals surface area contributed by atoms with Crippen LogP contribution in [0.2, 0.25) is 0 Å². The normalized spacial score (nSPS) is 10.8. The number of hydrogen-bond donors (Lipinski definition) is 1. The first kappa shape index (κ1) is 17.6. The van der Waals surface area contributed by atoms with E-state index in [0.717, 1.165) is 18.4 Å². The van der Waals surface area contributed by atoms with Gasteiger partial charge in [0.15, 0.2) is 0 Å². The molecule has 2 aromatic carbocycles. The van der Waals surface area contributed by atoms with Crippen molar-refractivity contribution in [3.63, 3.8) is 0 Å². The molecule has 2 aromatic rings. The average Bonchev–Trinajstić information content (AvgIpc) is 2.57. The Balaban J connectivity index is 1.76. The number of rotatable bonds is 10. The van der Waals surface area contributed by atoms with Crippen LogP contribution in [0, 0.1) is 0 Å². The number of hydrogen-bond acceptors (Lipinski definition) is 1. The number of phenolic OH excluding ortho intramolecular Hbond substituents is 1. The predicted molar refractivity (Wildman–Crippen MR) is 99.1 cm³/mol. The van der Waals surface area contributed by atoms with E-state index < -0.39 is 0 Å². The van der Waals surface area contributed by atoms with Gasteiger partial charge in [0.25, 0.3) is 0 Å². The Hall–Kier alpha value is -1.76. The lowest BCUT2D eigenvalue weighted by molar-refractivity contribution is 0.465. The van der Waals surface area contributed by atoms with E-state index in [4.69, 9.17) is 0 Å². The molecular formula is C22H30O. The first-order chi connectivity index (χ1) is 11.3. The van der Waals surface area contributed by atoms with E-state index in [9.17, 15) is 5.11 Å². The summed E-state index contributed by atoms with van der Waals surface area (Å²) in [5, 5.41) is 10.2. The summed E-state index contributed by atoms with van der Waals surface area (Å²) in [5.41, 5.74) is 3.55. The van der Waals surface area contributed by atoms with E-state index in [2.05, 4.69) is 43.3 Å². The first-order valence-electron chi connectivity index (χ1n) is 9.14. The average molecular weight is 310 g/mol. The van der Waals surface area contributed by atoms with Crippen LogP contribution in [0.4, 0.5) is 0 Å². The van der Waals surface area contributed by atoms with Gasteiger partial charge < -0.3 is 5.11 Å². The minimum absolute atomic E-state index is 0.462. The molecule has 0 aliphatic rings. The second-order valence-electron chi connectivity index (χ2n) is 6.50. The van der Waals surface area contributed by atoms with Crippen LogP contribution in [0.15, 0.2) is 48.5 Å². The highest BCUT2D eigenvalue weighted by Crippen LogP contribution is 2.23. The van der Waals surface area contributed by atoms with Crippen LogP contribution < -0.4 is 0 Å². The van der Waals surface area contributed by atoms with Crippen molar-refractivity contribution in [1.82, 2.24) is 0 Å². The number of unbranched alkanes of at least 4 members (excludes halogenated alkanes) is 6. The highest BCUT2D eigenvalue weighted by atomic mass is 16.3. The number of benzene rings is 2. The summed E-state index contributed by atoms with van der Waals surface area (Å²) in [6.07, 6.45) is 11.1. The molecule has 1 heteroatoms. The van der Waals surface area contributed by atoms with Gasteiger partial charge in [0.1, 0.15) is 5.75 Å². The smallest absolute Gasteiger partial charge is 0.119 e. The number of phenols is 1. The van der Waals surface area contributed by atoms with Crippen molar-refractivity contribution < 1.29 is 5.11 Å². The Labute approximate surface area is 141 Å². The fourth-order valence-electron chi connectivity index (χ4n) is 3.03. The number of aryl methyl sites for hydroxylation is 1. The van der Waals surface area contributed by atoms with Crippen molar-refractivity contribution >= 4 is 0 Å². The maximum Gasteiger partial charge on any atom is 0.119 e. The van der Waals surface area contributed by atoms with Gasteiger partial charge in [-0.25, -0.2) is 0 Å². The second kappa shape index (κ2) is 10.1. The summed E-state index contributed by atoms with van der Waals surface area (Å²) >= 11 is 0. The van der Waals surface area contributed by atoms with E-state index in [0.29, 0.717) is 5.75 Å². The van der Waals surface area contributed by atoms with Gasteiger partial charge in [-0.3, -0.25) is 0 Å². The molecule has 0 fully saturated rings. The molecule has 124 valence electrons. The molecule has 0 aromatic heterocycles.